The van der Waals surface area contributed by atoms with Crippen molar-refractivity contribution in [3.8, 4) is 11.5 Å². The molecule has 2 aromatic carbocycles. The van der Waals surface area contributed by atoms with E-state index in [4.69, 9.17) is 4.74 Å². The fourth-order valence-electron chi connectivity index (χ4n) is 3.45. The third-order valence-electron chi connectivity index (χ3n) is 5.20. The maximum Gasteiger partial charge on any atom is 0.305 e. The van der Waals surface area contributed by atoms with Crippen molar-refractivity contribution in [3.63, 3.8) is 0 Å². The predicted octanol–water partition coefficient (Wildman–Crippen LogP) is 5.12. The van der Waals surface area contributed by atoms with Gasteiger partial charge in [-0.15, -0.1) is 0 Å². The normalized spacial score (nSPS) is 12.0. The van der Waals surface area contributed by atoms with Gasteiger partial charge in [0.25, 0.3) is 0 Å². The lowest BCUT2D eigenvalue weighted by Gasteiger charge is -2.09. The van der Waals surface area contributed by atoms with E-state index in [0.29, 0.717) is 34.9 Å². The summed E-state index contributed by atoms with van der Waals surface area (Å²) in [5.41, 5.74) is 3.68. The Morgan fingerprint density at radius 3 is 2.44 bits per heavy atom. The summed E-state index contributed by atoms with van der Waals surface area (Å²) in [6, 6.07) is 17.0. The van der Waals surface area contributed by atoms with E-state index in [1.54, 1.807) is 16.2 Å². The van der Waals surface area contributed by atoms with E-state index in [1.165, 1.54) is 7.11 Å². The first-order valence-electron chi connectivity index (χ1n) is 10.3. The molecule has 0 aliphatic heterocycles. The second-order valence-electron chi connectivity index (χ2n) is 7.53. The number of methoxy groups -OCH3 is 1. The van der Waals surface area contributed by atoms with Gasteiger partial charge in [-0.05, 0) is 61.7 Å². The van der Waals surface area contributed by atoms with Crippen LogP contribution in [0.2, 0.25) is 0 Å². The molecule has 0 bridgehead atoms. The summed E-state index contributed by atoms with van der Waals surface area (Å²) >= 11 is 0. The van der Waals surface area contributed by atoms with Gasteiger partial charge in [-0.3, -0.25) is 4.79 Å². The number of benzene rings is 2. The first-order valence-corrected chi connectivity index (χ1v) is 11.4. The van der Waals surface area contributed by atoms with E-state index in [0.717, 1.165) is 22.1 Å². The van der Waals surface area contributed by atoms with Gasteiger partial charge in [-0.2, -0.15) is 0 Å². The van der Waals surface area contributed by atoms with Gasteiger partial charge < -0.3 is 9.47 Å². The molecule has 0 aliphatic rings. The Morgan fingerprint density at radius 2 is 1.75 bits per heavy atom. The standard InChI is InChI=1S/C25H24N2O4S/c1-17-4-11-21(12-5-17)32(29)27-16-18(2)24-22(14-15-26-25(24)27)31-20-9-6-19(7-10-20)8-13-23(28)30-3/h4-7,9-12,14-16H,8,13H2,1-3H3. The van der Waals surface area contributed by atoms with Crippen molar-refractivity contribution in [2.45, 2.75) is 31.6 Å². The zero-order valence-corrected chi connectivity index (χ0v) is 19.0. The highest BCUT2D eigenvalue weighted by Crippen LogP contribution is 2.33. The van der Waals surface area contributed by atoms with Crippen LogP contribution < -0.4 is 4.74 Å². The van der Waals surface area contributed by atoms with Crippen LogP contribution in [0, 0.1) is 13.8 Å². The molecule has 0 amide bonds. The molecule has 7 heteroatoms. The van der Waals surface area contributed by atoms with Gasteiger partial charge in [-0.25, -0.2) is 13.2 Å². The van der Waals surface area contributed by atoms with Crippen LogP contribution in [-0.2, 0) is 26.9 Å². The van der Waals surface area contributed by atoms with Gasteiger partial charge >= 0.3 is 5.97 Å². The quantitative estimate of drug-likeness (QED) is 0.367. The second kappa shape index (κ2) is 9.36. The largest absolute Gasteiger partial charge is 0.469 e. The molecule has 2 aromatic heterocycles. The number of rotatable bonds is 7. The minimum Gasteiger partial charge on any atom is -0.469 e. The summed E-state index contributed by atoms with van der Waals surface area (Å²) in [6.45, 7) is 3.95. The molecular formula is C25H24N2O4S. The lowest BCUT2D eigenvalue weighted by Crippen LogP contribution is -2.04. The number of ether oxygens (including phenoxy) is 2. The summed E-state index contributed by atoms with van der Waals surface area (Å²) in [4.78, 5) is 16.5. The van der Waals surface area contributed by atoms with Crippen LogP contribution in [0.3, 0.4) is 0 Å². The molecule has 4 rings (SSSR count). The minimum atomic E-state index is -1.41. The van der Waals surface area contributed by atoms with E-state index in [9.17, 15) is 9.00 Å². The molecule has 6 nitrogen and oxygen atoms in total. The number of carbonyl (C=O) groups is 1. The Balaban J connectivity index is 1.60. The van der Waals surface area contributed by atoms with Crippen LogP contribution >= 0.6 is 0 Å². The van der Waals surface area contributed by atoms with Crippen molar-refractivity contribution >= 4 is 28.0 Å². The Kier molecular flexibility index (Phi) is 6.37. The molecule has 0 saturated carbocycles. The topological polar surface area (TPSA) is 70.4 Å². The third kappa shape index (κ3) is 4.57. The molecule has 0 fully saturated rings. The summed E-state index contributed by atoms with van der Waals surface area (Å²) in [6.07, 6.45) is 4.45. The highest BCUT2D eigenvalue weighted by molar-refractivity contribution is 7.83. The number of nitrogens with zero attached hydrogens (tertiary/aromatic N) is 2. The van der Waals surface area contributed by atoms with Crippen LogP contribution in [0.15, 0.2) is 71.9 Å². The van der Waals surface area contributed by atoms with Crippen molar-refractivity contribution in [1.29, 1.82) is 0 Å². The summed E-state index contributed by atoms with van der Waals surface area (Å²) < 4.78 is 25.7. The number of fused-ring (bicyclic) bond motifs is 1. The molecule has 1 unspecified atom stereocenters. The zero-order chi connectivity index (χ0) is 22.7. The lowest BCUT2D eigenvalue weighted by molar-refractivity contribution is -0.140. The molecule has 164 valence electrons. The molecule has 0 N–H and O–H groups in total. The monoisotopic (exact) mass is 448 g/mol. The highest BCUT2D eigenvalue weighted by Gasteiger charge is 2.17. The lowest BCUT2D eigenvalue weighted by atomic mass is 10.1. The third-order valence-corrected chi connectivity index (χ3v) is 6.52. The molecule has 0 saturated heterocycles. The fourth-order valence-corrected chi connectivity index (χ4v) is 4.60. The molecule has 4 aromatic rings. The number of aromatic nitrogens is 2. The van der Waals surface area contributed by atoms with Crippen LogP contribution in [-0.4, -0.2) is 26.2 Å². The average molecular weight is 449 g/mol. The summed E-state index contributed by atoms with van der Waals surface area (Å²) in [5, 5.41) is 0.822. The Labute approximate surface area is 189 Å². The maximum atomic E-state index is 13.2. The maximum absolute atomic E-state index is 13.2. The SMILES string of the molecule is COC(=O)CCc1ccc(Oc2ccnc3c2c(C)cn3S(=O)c2ccc(C)cc2)cc1. The molecule has 0 radical (unpaired) electrons. The number of pyridine rings is 1. The smallest absolute Gasteiger partial charge is 0.305 e. The number of carbonyl (C=O) groups excluding carboxylic acids is 1. The Bertz CT molecular complexity index is 1280. The van der Waals surface area contributed by atoms with Crippen LogP contribution in [0.25, 0.3) is 11.0 Å². The van der Waals surface area contributed by atoms with E-state index in [1.807, 2.05) is 68.6 Å². The zero-order valence-electron chi connectivity index (χ0n) is 18.2. The van der Waals surface area contributed by atoms with Gasteiger partial charge in [0.1, 0.15) is 11.5 Å². The van der Waals surface area contributed by atoms with Crippen molar-refractivity contribution in [1.82, 2.24) is 8.96 Å². The molecular weight excluding hydrogens is 424 g/mol. The average Bonchev–Trinajstić information content (AvgIpc) is 3.16. The van der Waals surface area contributed by atoms with Gasteiger partial charge in [0.15, 0.2) is 16.6 Å². The fraction of sp³-hybridized carbons (Fsp3) is 0.200. The van der Waals surface area contributed by atoms with Crippen LogP contribution in [0.1, 0.15) is 23.1 Å². The van der Waals surface area contributed by atoms with Gasteiger partial charge in [0.05, 0.1) is 17.4 Å². The molecule has 0 spiro atoms. The first-order chi connectivity index (χ1) is 15.5. The predicted molar refractivity (Wildman–Crippen MR) is 124 cm³/mol. The minimum absolute atomic E-state index is 0.229. The summed E-state index contributed by atoms with van der Waals surface area (Å²) in [7, 11) is -0.0238. The van der Waals surface area contributed by atoms with E-state index in [-0.39, 0.29) is 5.97 Å². The molecule has 32 heavy (non-hydrogen) atoms. The van der Waals surface area contributed by atoms with Crippen molar-refractivity contribution in [2.24, 2.45) is 0 Å². The van der Waals surface area contributed by atoms with E-state index < -0.39 is 11.0 Å². The van der Waals surface area contributed by atoms with Crippen LogP contribution in [0.5, 0.6) is 11.5 Å². The number of hydrogen-bond acceptors (Lipinski definition) is 5. The highest BCUT2D eigenvalue weighted by atomic mass is 32.2. The molecule has 2 heterocycles. The first kappa shape index (κ1) is 21.8. The van der Waals surface area contributed by atoms with Crippen molar-refractivity contribution in [2.75, 3.05) is 7.11 Å². The Morgan fingerprint density at radius 1 is 1.03 bits per heavy atom. The van der Waals surface area contributed by atoms with Gasteiger partial charge in [0.2, 0.25) is 0 Å². The molecule has 1 atom stereocenters. The molecule has 0 aliphatic carbocycles. The van der Waals surface area contributed by atoms with E-state index in [2.05, 4.69) is 9.72 Å². The summed E-state index contributed by atoms with van der Waals surface area (Å²) in [5.74, 6) is 1.09. The number of esters is 1. The second-order valence-corrected chi connectivity index (χ2v) is 8.89. The van der Waals surface area contributed by atoms with Gasteiger partial charge in [0, 0.05) is 18.8 Å². The number of aryl methyl sites for hydroxylation is 3. The van der Waals surface area contributed by atoms with Gasteiger partial charge in [-0.1, -0.05) is 29.8 Å². The van der Waals surface area contributed by atoms with E-state index >= 15 is 0 Å². The number of hydrogen-bond donors (Lipinski definition) is 0. The van der Waals surface area contributed by atoms with Crippen LogP contribution in [0.4, 0.5) is 0 Å². The van der Waals surface area contributed by atoms with Crippen molar-refractivity contribution < 1.29 is 18.5 Å². The van der Waals surface area contributed by atoms with Crippen molar-refractivity contribution in [3.05, 3.63) is 83.7 Å². The Hall–Kier alpha value is -3.45.